The van der Waals surface area contributed by atoms with Gasteiger partial charge in [-0.3, -0.25) is 0 Å². The van der Waals surface area contributed by atoms with Crippen LogP contribution < -0.4 is 0 Å². The van der Waals surface area contributed by atoms with Gasteiger partial charge in [0.25, 0.3) is 0 Å². The molecule has 0 aromatic heterocycles. The largest absolute Gasteiger partial charge is 0.455 e. The van der Waals surface area contributed by atoms with Gasteiger partial charge < -0.3 is 9.84 Å². The van der Waals surface area contributed by atoms with Crippen molar-refractivity contribution in [1.82, 2.24) is 0 Å². The SMILES string of the molecule is N#C/C1=C(\c2ccccc2)O/C(c2ccccc2)=C\C(O)CC1c1ccc(Br)cc1. The number of nitrogens with zero attached hydrogens (tertiary/aromatic N) is 1. The lowest BCUT2D eigenvalue weighted by Gasteiger charge is -2.26. The van der Waals surface area contributed by atoms with Crippen molar-refractivity contribution < 1.29 is 9.84 Å². The molecule has 148 valence electrons. The van der Waals surface area contributed by atoms with E-state index in [-0.39, 0.29) is 5.92 Å². The van der Waals surface area contributed by atoms with Crippen LogP contribution in [-0.4, -0.2) is 11.2 Å². The second kappa shape index (κ2) is 9.13. The van der Waals surface area contributed by atoms with E-state index in [0.717, 1.165) is 21.2 Å². The Morgan fingerprint density at radius 2 is 1.47 bits per heavy atom. The summed E-state index contributed by atoms with van der Waals surface area (Å²) in [6.45, 7) is 0. The van der Waals surface area contributed by atoms with E-state index in [2.05, 4.69) is 22.0 Å². The molecule has 2 atom stereocenters. The Labute approximate surface area is 184 Å². The number of nitriles is 1. The van der Waals surface area contributed by atoms with E-state index >= 15 is 0 Å². The van der Waals surface area contributed by atoms with E-state index < -0.39 is 6.10 Å². The molecule has 0 aliphatic carbocycles. The monoisotopic (exact) mass is 457 g/mol. The molecule has 1 N–H and O–H groups in total. The Balaban J connectivity index is 1.88. The topological polar surface area (TPSA) is 53.2 Å². The van der Waals surface area contributed by atoms with Crippen LogP contribution in [0.2, 0.25) is 0 Å². The number of hydrogen-bond donors (Lipinski definition) is 1. The van der Waals surface area contributed by atoms with Crippen molar-refractivity contribution in [2.75, 3.05) is 0 Å². The van der Waals surface area contributed by atoms with Crippen LogP contribution in [-0.2, 0) is 4.74 Å². The lowest BCUT2D eigenvalue weighted by atomic mass is 9.84. The van der Waals surface area contributed by atoms with Gasteiger partial charge in [0.15, 0.2) is 0 Å². The predicted octanol–water partition coefficient (Wildman–Crippen LogP) is 6.29. The first-order valence-corrected chi connectivity index (χ1v) is 10.5. The average molecular weight is 458 g/mol. The maximum absolute atomic E-state index is 10.8. The van der Waals surface area contributed by atoms with Gasteiger partial charge in [0.1, 0.15) is 11.5 Å². The van der Waals surface area contributed by atoms with Crippen LogP contribution >= 0.6 is 15.9 Å². The van der Waals surface area contributed by atoms with Gasteiger partial charge >= 0.3 is 0 Å². The smallest absolute Gasteiger partial charge is 0.148 e. The van der Waals surface area contributed by atoms with Crippen LogP contribution in [0.1, 0.15) is 29.0 Å². The number of rotatable bonds is 3. The highest BCUT2D eigenvalue weighted by atomic mass is 79.9. The molecule has 1 aliphatic heterocycles. The lowest BCUT2D eigenvalue weighted by Crippen LogP contribution is -2.17. The highest BCUT2D eigenvalue weighted by Crippen LogP contribution is 2.39. The minimum Gasteiger partial charge on any atom is -0.455 e. The maximum atomic E-state index is 10.8. The summed E-state index contributed by atoms with van der Waals surface area (Å²) in [4.78, 5) is 0. The van der Waals surface area contributed by atoms with Crippen molar-refractivity contribution in [2.45, 2.75) is 18.4 Å². The number of aliphatic hydroxyl groups is 1. The molecular formula is C26H20BrNO2. The summed E-state index contributed by atoms with van der Waals surface area (Å²) in [5, 5.41) is 21.0. The molecule has 30 heavy (non-hydrogen) atoms. The van der Waals surface area contributed by atoms with Gasteiger partial charge in [0.05, 0.1) is 17.7 Å². The van der Waals surface area contributed by atoms with E-state index in [9.17, 15) is 10.4 Å². The fraction of sp³-hybridized carbons (Fsp3) is 0.115. The first-order chi connectivity index (χ1) is 14.7. The Morgan fingerprint density at radius 3 is 2.07 bits per heavy atom. The van der Waals surface area contributed by atoms with Gasteiger partial charge in [-0.2, -0.15) is 5.26 Å². The molecule has 0 amide bonds. The summed E-state index contributed by atoms with van der Waals surface area (Å²) in [6.07, 6.45) is 1.37. The fourth-order valence-electron chi connectivity index (χ4n) is 3.65. The average Bonchev–Trinajstić information content (AvgIpc) is 2.78. The molecule has 1 heterocycles. The van der Waals surface area contributed by atoms with Crippen LogP contribution in [0.25, 0.3) is 11.5 Å². The molecule has 1 aliphatic rings. The van der Waals surface area contributed by atoms with Crippen LogP contribution in [0.4, 0.5) is 0 Å². The molecular weight excluding hydrogens is 438 g/mol. The quantitative estimate of drug-likeness (QED) is 0.502. The van der Waals surface area contributed by atoms with E-state index in [1.54, 1.807) is 6.08 Å². The maximum Gasteiger partial charge on any atom is 0.148 e. The van der Waals surface area contributed by atoms with Crippen LogP contribution in [0, 0.1) is 11.3 Å². The van der Waals surface area contributed by atoms with Crippen molar-refractivity contribution in [3.05, 3.63) is 118 Å². The highest BCUT2D eigenvalue weighted by molar-refractivity contribution is 9.10. The Kier molecular flexibility index (Phi) is 6.13. The van der Waals surface area contributed by atoms with E-state index in [1.807, 2.05) is 84.9 Å². The number of hydrogen-bond acceptors (Lipinski definition) is 3. The summed E-state index contributed by atoms with van der Waals surface area (Å²) in [6, 6.07) is 29.5. The van der Waals surface area contributed by atoms with Gasteiger partial charge in [0, 0.05) is 21.5 Å². The molecule has 0 saturated heterocycles. The van der Waals surface area contributed by atoms with Crippen LogP contribution in [0.3, 0.4) is 0 Å². The van der Waals surface area contributed by atoms with Gasteiger partial charge in [-0.05, 0) is 30.2 Å². The first-order valence-electron chi connectivity index (χ1n) is 9.74. The van der Waals surface area contributed by atoms with Gasteiger partial charge in [-0.1, -0.05) is 88.7 Å². The molecule has 2 unspecified atom stereocenters. The second-order valence-corrected chi connectivity index (χ2v) is 8.04. The third-order valence-corrected chi connectivity index (χ3v) is 5.64. The first kappa shape index (κ1) is 20.2. The van der Waals surface area contributed by atoms with Gasteiger partial charge in [-0.25, -0.2) is 0 Å². The Hall–Kier alpha value is -3.13. The Bertz CT molecular complexity index is 1110. The zero-order chi connectivity index (χ0) is 20.9. The minimum atomic E-state index is -0.755. The lowest BCUT2D eigenvalue weighted by molar-refractivity contribution is 0.203. The third-order valence-electron chi connectivity index (χ3n) is 5.11. The second-order valence-electron chi connectivity index (χ2n) is 7.13. The van der Waals surface area contributed by atoms with Crippen molar-refractivity contribution in [3.63, 3.8) is 0 Å². The van der Waals surface area contributed by atoms with Gasteiger partial charge in [0.2, 0.25) is 0 Å². The number of ether oxygens (including phenoxy) is 1. The highest BCUT2D eigenvalue weighted by Gasteiger charge is 2.28. The fourth-order valence-corrected chi connectivity index (χ4v) is 3.91. The van der Waals surface area contributed by atoms with Crippen LogP contribution in [0.15, 0.2) is 101 Å². The minimum absolute atomic E-state index is 0.290. The van der Waals surface area contributed by atoms with Crippen molar-refractivity contribution in [1.29, 1.82) is 5.26 Å². The van der Waals surface area contributed by atoms with Crippen molar-refractivity contribution in [3.8, 4) is 6.07 Å². The molecule has 3 aromatic carbocycles. The normalized spacial score (nSPS) is 23.3. The van der Waals surface area contributed by atoms with E-state index in [1.165, 1.54) is 0 Å². The van der Waals surface area contributed by atoms with Gasteiger partial charge in [-0.15, -0.1) is 0 Å². The number of allylic oxidation sites excluding steroid dienone is 1. The van der Waals surface area contributed by atoms with E-state index in [4.69, 9.17) is 4.74 Å². The molecule has 0 saturated carbocycles. The van der Waals surface area contributed by atoms with Crippen molar-refractivity contribution in [2.24, 2.45) is 0 Å². The zero-order valence-electron chi connectivity index (χ0n) is 16.2. The third kappa shape index (κ3) is 4.38. The van der Waals surface area contributed by atoms with E-state index in [0.29, 0.717) is 23.5 Å². The molecule has 4 heteroatoms. The molecule has 0 fully saturated rings. The Morgan fingerprint density at radius 1 is 0.867 bits per heavy atom. The number of benzene rings is 3. The number of aliphatic hydroxyl groups excluding tert-OH is 1. The predicted molar refractivity (Wildman–Crippen MR) is 122 cm³/mol. The molecule has 0 radical (unpaired) electrons. The molecule has 0 bridgehead atoms. The molecule has 0 spiro atoms. The summed E-state index contributed by atoms with van der Waals surface area (Å²) in [5.41, 5.74) is 3.14. The van der Waals surface area contributed by atoms with Crippen LogP contribution in [0.5, 0.6) is 0 Å². The zero-order valence-corrected chi connectivity index (χ0v) is 17.8. The molecule has 3 nitrogen and oxygen atoms in total. The molecule has 3 aromatic rings. The summed E-state index contributed by atoms with van der Waals surface area (Å²) >= 11 is 3.46. The summed E-state index contributed by atoms with van der Waals surface area (Å²) in [5.74, 6) is 0.777. The summed E-state index contributed by atoms with van der Waals surface area (Å²) < 4.78 is 7.33. The van der Waals surface area contributed by atoms with Crippen molar-refractivity contribution >= 4 is 27.4 Å². The standard InChI is InChI=1S/C26H20BrNO2/c27-21-13-11-18(12-14-21)23-15-22(29)16-25(19-7-3-1-4-8-19)30-26(24(23)17-28)20-9-5-2-6-10-20/h1-14,16,22-23,29H,15H2/b25-16-,26-24-. The number of halogens is 1. The summed E-state index contributed by atoms with van der Waals surface area (Å²) in [7, 11) is 0. The molecule has 4 rings (SSSR count).